The highest BCUT2D eigenvalue weighted by atomic mass is 16.6. The van der Waals surface area contributed by atoms with Gasteiger partial charge < -0.3 is 0 Å². The topological polar surface area (TPSA) is 90.9 Å². The van der Waals surface area contributed by atoms with Gasteiger partial charge in [0.05, 0.1) is 16.1 Å². The Morgan fingerprint density at radius 1 is 0.962 bits per heavy atom. The molecule has 2 aromatic carbocycles. The van der Waals surface area contributed by atoms with Crippen molar-refractivity contribution in [3.63, 3.8) is 0 Å². The lowest BCUT2D eigenvalue weighted by Crippen LogP contribution is -2.11. The summed E-state index contributed by atoms with van der Waals surface area (Å²) in [5.41, 5.74) is 1.50. The SMILES string of the molecule is O=C(c1ccc([N+](=O)[O-])cc1)c1cc2ccccc2n1-c1ncccn1. The quantitative estimate of drug-likeness (QED) is 0.321. The van der Waals surface area contributed by atoms with Crippen molar-refractivity contribution in [3.8, 4) is 5.95 Å². The van der Waals surface area contributed by atoms with Crippen molar-refractivity contribution < 1.29 is 9.72 Å². The van der Waals surface area contributed by atoms with Crippen molar-refractivity contribution >= 4 is 22.4 Å². The number of carbonyl (C=O) groups is 1. The van der Waals surface area contributed by atoms with Gasteiger partial charge in [0, 0.05) is 35.5 Å². The summed E-state index contributed by atoms with van der Waals surface area (Å²) < 4.78 is 1.69. The summed E-state index contributed by atoms with van der Waals surface area (Å²) in [6.07, 6.45) is 3.22. The number of aromatic nitrogens is 3. The molecule has 7 heteroatoms. The van der Waals surface area contributed by atoms with E-state index in [4.69, 9.17) is 0 Å². The van der Waals surface area contributed by atoms with Crippen LogP contribution in [0.25, 0.3) is 16.9 Å². The molecule has 0 bridgehead atoms. The van der Waals surface area contributed by atoms with E-state index in [1.54, 1.807) is 29.1 Å². The Bertz CT molecular complexity index is 1120. The number of nitro benzene ring substituents is 1. The summed E-state index contributed by atoms with van der Waals surface area (Å²) in [5, 5.41) is 11.7. The van der Waals surface area contributed by atoms with Crippen LogP contribution in [-0.2, 0) is 0 Å². The maximum atomic E-state index is 13.0. The molecule has 4 aromatic rings. The van der Waals surface area contributed by atoms with Gasteiger partial charge in [-0.25, -0.2) is 9.97 Å². The number of benzene rings is 2. The smallest absolute Gasteiger partial charge is 0.269 e. The third-order valence-corrected chi connectivity index (χ3v) is 4.04. The Morgan fingerprint density at radius 3 is 2.35 bits per heavy atom. The summed E-state index contributed by atoms with van der Waals surface area (Å²) in [6, 6.07) is 16.6. The fraction of sp³-hybridized carbons (Fsp3) is 0. The summed E-state index contributed by atoms with van der Waals surface area (Å²) in [5.74, 6) is 0.127. The number of nitrogens with zero attached hydrogens (tertiary/aromatic N) is 4. The molecule has 7 nitrogen and oxygen atoms in total. The number of non-ortho nitro benzene ring substituents is 1. The molecule has 26 heavy (non-hydrogen) atoms. The molecule has 0 aliphatic carbocycles. The van der Waals surface area contributed by atoms with Crippen LogP contribution < -0.4 is 0 Å². The van der Waals surface area contributed by atoms with Crippen LogP contribution in [0.5, 0.6) is 0 Å². The standard InChI is InChI=1S/C19H12N4O3/c24-18(13-6-8-15(9-7-13)23(25)26)17-12-14-4-1-2-5-16(14)22(17)19-20-10-3-11-21-19/h1-12H. The third kappa shape index (κ3) is 2.61. The van der Waals surface area contributed by atoms with Crippen LogP contribution in [0.1, 0.15) is 16.1 Å². The fourth-order valence-electron chi connectivity index (χ4n) is 2.83. The minimum absolute atomic E-state index is 0.0616. The van der Waals surface area contributed by atoms with Crippen molar-refractivity contribution in [3.05, 3.63) is 94.4 Å². The molecule has 0 aliphatic heterocycles. The van der Waals surface area contributed by atoms with E-state index in [0.717, 1.165) is 10.9 Å². The molecule has 0 aliphatic rings. The minimum atomic E-state index is -0.497. The molecule has 0 spiro atoms. The Kier molecular flexibility index (Phi) is 3.74. The van der Waals surface area contributed by atoms with Gasteiger partial charge in [0.15, 0.2) is 0 Å². The molecule has 0 fully saturated rings. The molecule has 2 aromatic heterocycles. The van der Waals surface area contributed by atoms with Gasteiger partial charge >= 0.3 is 0 Å². The van der Waals surface area contributed by atoms with Gasteiger partial charge in [0.2, 0.25) is 11.7 Å². The third-order valence-electron chi connectivity index (χ3n) is 4.04. The molecule has 0 N–H and O–H groups in total. The van der Waals surface area contributed by atoms with E-state index in [-0.39, 0.29) is 11.5 Å². The van der Waals surface area contributed by atoms with Crippen LogP contribution >= 0.6 is 0 Å². The van der Waals surface area contributed by atoms with Gasteiger partial charge in [-0.1, -0.05) is 18.2 Å². The van der Waals surface area contributed by atoms with Crippen LogP contribution in [-0.4, -0.2) is 25.2 Å². The average Bonchev–Trinajstić information content (AvgIpc) is 3.07. The van der Waals surface area contributed by atoms with Crippen molar-refractivity contribution in [1.29, 1.82) is 0 Å². The number of ketones is 1. The average molecular weight is 344 g/mol. The number of carbonyl (C=O) groups excluding carboxylic acids is 1. The van der Waals surface area contributed by atoms with Crippen LogP contribution in [0, 0.1) is 10.1 Å². The molecular weight excluding hydrogens is 332 g/mol. The van der Waals surface area contributed by atoms with E-state index in [1.165, 1.54) is 24.3 Å². The van der Waals surface area contributed by atoms with Gasteiger partial charge in [-0.3, -0.25) is 19.5 Å². The van der Waals surface area contributed by atoms with E-state index in [0.29, 0.717) is 17.2 Å². The van der Waals surface area contributed by atoms with Crippen molar-refractivity contribution in [2.45, 2.75) is 0 Å². The molecule has 2 heterocycles. The zero-order valence-corrected chi connectivity index (χ0v) is 13.4. The number of nitro groups is 1. The van der Waals surface area contributed by atoms with E-state index in [1.807, 2.05) is 24.3 Å². The molecular formula is C19H12N4O3. The number of rotatable bonds is 4. The van der Waals surface area contributed by atoms with Crippen molar-refractivity contribution in [1.82, 2.24) is 14.5 Å². The Labute approximate surface area is 147 Å². The lowest BCUT2D eigenvalue weighted by atomic mass is 10.1. The lowest BCUT2D eigenvalue weighted by molar-refractivity contribution is -0.384. The highest BCUT2D eigenvalue weighted by molar-refractivity contribution is 6.11. The largest absolute Gasteiger partial charge is 0.287 e. The Balaban J connectivity index is 1.88. The van der Waals surface area contributed by atoms with Crippen LogP contribution in [0.15, 0.2) is 73.1 Å². The van der Waals surface area contributed by atoms with Crippen LogP contribution in [0.3, 0.4) is 0 Å². The van der Waals surface area contributed by atoms with E-state index in [2.05, 4.69) is 9.97 Å². The van der Waals surface area contributed by atoms with Gasteiger partial charge in [0.25, 0.3) is 5.69 Å². The first-order valence-electron chi connectivity index (χ1n) is 7.82. The normalized spacial score (nSPS) is 10.8. The highest BCUT2D eigenvalue weighted by Crippen LogP contribution is 2.25. The van der Waals surface area contributed by atoms with Crippen molar-refractivity contribution in [2.75, 3.05) is 0 Å². The molecule has 0 saturated carbocycles. The molecule has 0 radical (unpaired) electrons. The zero-order chi connectivity index (χ0) is 18.1. The predicted octanol–water partition coefficient (Wildman–Crippen LogP) is 3.56. The van der Waals surface area contributed by atoms with Gasteiger partial charge in [-0.15, -0.1) is 0 Å². The Hall–Kier alpha value is -3.87. The summed E-state index contributed by atoms with van der Waals surface area (Å²) in [6.45, 7) is 0. The molecule has 0 unspecified atom stereocenters. The number of hydrogen-bond acceptors (Lipinski definition) is 5. The predicted molar refractivity (Wildman–Crippen MR) is 95.4 cm³/mol. The lowest BCUT2D eigenvalue weighted by Gasteiger charge is -2.08. The van der Waals surface area contributed by atoms with Crippen LogP contribution in [0.4, 0.5) is 5.69 Å². The maximum absolute atomic E-state index is 13.0. The summed E-state index contributed by atoms with van der Waals surface area (Å²) in [4.78, 5) is 31.9. The molecule has 126 valence electrons. The second-order valence-electron chi connectivity index (χ2n) is 5.61. The molecule has 0 amide bonds. The van der Waals surface area contributed by atoms with Crippen molar-refractivity contribution in [2.24, 2.45) is 0 Å². The first-order chi connectivity index (χ1) is 12.6. The van der Waals surface area contributed by atoms with E-state index in [9.17, 15) is 14.9 Å². The minimum Gasteiger partial charge on any atom is -0.287 e. The van der Waals surface area contributed by atoms with E-state index < -0.39 is 4.92 Å². The Morgan fingerprint density at radius 2 is 1.65 bits per heavy atom. The fourth-order valence-corrected chi connectivity index (χ4v) is 2.83. The zero-order valence-electron chi connectivity index (χ0n) is 13.4. The molecule has 4 rings (SSSR count). The molecule has 0 saturated heterocycles. The van der Waals surface area contributed by atoms with Crippen LogP contribution in [0.2, 0.25) is 0 Å². The number of fused-ring (bicyclic) bond motifs is 1. The van der Waals surface area contributed by atoms with Gasteiger partial charge in [-0.05, 0) is 30.3 Å². The monoisotopic (exact) mass is 344 g/mol. The van der Waals surface area contributed by atoms with Gasteiger partial charge in [-0.2, -0.15) is 0 Å². The summed E-state index contributed by atoms with van der Waals surface area (Å²) in [7, 11) is 0. The second-order valence-corrected chi connectivity index (χ2v) is 5.61. The number of hydrogen-bond donors (Lipinski definition) is 0. The molecule has 0 atom stereocenters. The highest BCUT2D eigenvalue weighted by Gasteiger charge is 2.20. The summed E-state index contributed by atoms with van der Waals surface area (Å²) >= 11 is 0. The first kappa shape index (κ1) is 15.6. The number of para-hydroxylation sites is 1. The first-order valence-corrected chi connectivity index (χ1v) is 7.82. The van der Waals surface area contributed by atoms with E-state index >= 15 is 0 Å². The van der Waals surface area contributed by atoms with Gasteiger partial charge in [0.1, 0.15) is 0 Å². The second kappa shape index (κ2) is 6.21. The maximum Gasteiger partial charge on any atom is 0.269 e.